The van der Waals surface area contributed by atoms with Crippen LogP contribution in [0.1, 0.15) is 26.7 Å². The normalized spacial score (nSPS) is 12.0. The summed E-state index contributed by atoms with van der Waals surface area (Å²) >= 11 is 1.77. The number of pyridine rings is 1. The first-order valence-electron chi connectivity index (χ1n) is 6.36. The second kappa shape index (κ2) is 5.84. The van der Waals surface area contributed by atoms with Gasteiger partial charge in [0.15, 0.2) is 0 Å². The number of aliphatic hydroxyl groups is 1. The maximum absolute atomic E-state index is 8.96. The number of aromatic nitrogens is 2. The van der Waals surface area contributed by atoms with Gasteiger partial charge in [0.2, 0.25) is 0 Å². The lowest BCUT2D eigenvalue weighted by Gasteiger charge is -2.24. The van der Waals surface area contributed by atoms with Crippen LogP contribution in [0.15, 0.2) is 29.6 Å². The molecule has 19 heavy (non-hydrogen) atoms. The maximum atomic E-state index is 8.96. The molecule has 0 aromatic carbocycles. The minimum absolute atomic E-state index is 0.0598. The Kier molecular flexibility index (Phi) is 4.37. The molecule has 0 aliphatic heterocycles. The number of thioether (sulfide) groups is 1. The Hall–Kier alpha value is -1.20. The predicted molar refractivity (Wildman–Crippen MR) is 78.0 cm³/mol. The van der Waals surface area contributed by atoms with Crippen LogP contribution in [0.5, 0.6) is 5.75 Å². The van der Waals surface area contributed by atoms with Crippen LogP contribution in [-0.4, -0.2) is 33.0 Å². The van der Waals surface area contributed by atoms with E-state index in [1.807, 2.05) is 22.9 Å². The minimum Gasteiger partial charge on any atom is -0.495 e. The number of nitrogens with zero attached hydrogens (tertiary/aromatic N) is 2. The Labute approximate surface area is 117 Å². The van der Waals surface area contributed by atoms with Crippen LogP contribution in [0.25, 0.3) is 5.65 Å². The number of fused-ring (bicyclic) bond motifs is 1. The lowest BCUT2D eigenvalue weighted by Crippen LogP contribution is -2.15. The van der Waals surface area contributed by atoms with E-state index >= 15 is 0 Å². The summed E-state index contributed by atoms with van der Waals surface area (Å²) in [6.07, 6.45) is 7.53. The fraction of sp³-hybridized carbons (Fsp3) is 0.500. The second-order valence-corrected chi connectivity index (χ2v) is 6.84. The molecule has 0 unspecified atom stereocenters. The molecule has 0 saturated heterocycles. The van der Waals surface area contributed by atoms with E-state index in [1.54, 1.807) is 25.1 Å². The van der Waals surface area contributed by atoms with E-state index in [0.29, 0.717) is 0 Å². The van der Waals surface area contributed by atoms with Crippen molar-refractivity contribution in [3.63, 3.8) is 0 Å². The van der Waals surface area contributed by atoms with Gasteiger partial charge in [-0.15, -0.1) is 11.8 Å². The third-order valence-electron chi connectivity index (χ3n) is 3.00. The van der Waals surface area contributed by atoms with Crippen LogP contribution in [0.4, 0.5) is 0 Å². The summed E-state index contributed by atoms with van der Waals surface area (Å²) in [6.45, 7) is 4.61. The van der Waals surface area contributed by atoms with Crippen molar-refractivity contribution in [2.45, 2.75) is 36.3 Å². The predicted octanol–water partition coefficient (Wildman–Crippen LogP) is 2.99. The number of aliphatic hydroxyl groups excluding tert-OH is 1. The Morgan fingerprint density at radius 2 is 2.26 bits per heavy atom. The Balaban J connectivity index is 2.27. The largest absolute Gasteiger partial charge is 0.495 e. The number of hydrogen-bond acceptors (Lipinski definition) is 4. The standard InChI is InChI=1S/C14H20N2O2S/c1-14(2,5-4-8-17)19-12-10-16-7-6-15-13(16)9-11(12)18-3/h6-7,9-10,17H,4-5,8H2,1-3H3. The zero-order chi connectivity index (χ0) is 13.9. The number of methoxy groups -OCH3 is 1. The lowest BCUT2D eigenvalue weighted by molar-refractivity contribution is 0.279. The average molecular weight is 280 g/mol. The highest BCUT2D eigenvalue weighted by molar-refractivity contribution is 8.00. The Morgan fingerprint density at radius 1 is 1.47 bits per heavy atom. The topological polar surface area (TPSA) is 46.8 Å². The summed E-state index contributed by atoms with van der Waals surface area (Å²) in [4.78, 5) is 5.35. The summed E-state index contributed by atoms with van der Waals surface area (Å²) in [5.41, 5.74) is 0.884. The van der Waals surface area contributed by atoms with Crippen molar-refractivity contribution in [2.75, 3.05) is 13.7 Å². The summed E-state index contributed by atoms with van der Waals surface area (Å²) in [5.74, 6) is 0.848. The molecule has 2 heterocycles. The fourth-order valence-electron chi connectivity index (χ4n) is 2.01. The van der Waals surface area contributed by atoms with Crippen molar-refractivity contribution in [3.8, 4) is 5.75 Å². The van der Waals surface area contributed by atoms with Crippen molar-refractivity contribution >= 4 is 17.4 Å². The van der Waals surface area contributed by atoms with Crippen LogP contribution in [0.3, 0.4) is 0 Å². The van der Waals surface area contributed by atoms with Gasteiger partial charge in [0, 0.05) is 36.0 Å². The Morgan fingerprint density at radius 3 is 2.95 bits per heavy atom. The van der Waals surface area contributed by atoms with Gasteiger partial charge in [-0.25, -0.2) is 4.98 Å². The molecule has 0 aliphatic carbocycles. The van der Waals surface area contributed by atoms with Gasteiger partial charge in [-0.3, -0.25) is 0 Å². The maximum Gasteiger partial charge on any atom is 0.140 e. The number of ether oxygens (including phenoxy) is 1. The van der Waals surface area contributed by atoms with Crippen molar-refractivity contribution < 1.29 is 9.84 Å². The first kappa shape index (κ1) is 14.2. The number of rotatable bonds is 6. The number of imidazole rings is 1. The number of hydrogen-bond donors (Lipinski definition) is 1. The highest BCUT2D eigenvalue weighted by atomic mass is 32.2. The van der Waals surface area contributed by atoms with Crippen LogP contribution < -0.4 is 4.74 Å². The molecule has 5 heteroatoms. The smallest absolute Gasteiger partial charge is 0.140 e. The molecule has 2 aromatic rings. The molecule has 0 bridgehead atoms. The fourth-order valence-corrected chi connectivity index (χ4v) is 3.26. The van der Waals surface area contributed by atoms with Gasteiger partial charge >= 0.3 is 0 Å². The van der Waals surface area contributed by atoms with E-state index in [2.05, 4.69) is 18.8 Å². The van der Waals surface area contributed by atoms with E-state index in [9.17, 15) is 0 Å². The van der Waals surface area contributed by atoms with Crippen molar-refractivity contribution in [1.82, 2.24) is 9.38 Å². The molecule has 0 atom stereocenters. The molecule has 0 amide bonds. The van der Waals surface area contributed by atoms with Gasteiger partial charge in [0.1, 0.15) is 11.4 Å². The molecule has 0 spiro atoms. The lowest BCUT2D eigenvalue weighted by atomic mass is 10.1. The van der Waals surface area contributed by atoms with Gasteiger partial charge in [-0.2, -0.15) is 0 Å². The van der Waals surface area contributed by atoms with E-state index in [1.165, 1.54) is 0 Å². The quantitative estimate of drug-likeness (QED) is 0.826. The summed E-state index contributed by atoms with van der Waals surface area (Å²) in [5, 5.41) is 8.96. The summed E-state index contributed by atoms with van der Waals surface area (Å²) in [6, 6.07) is 1.95. The van der Waals surface area contributed by atoms with Crippen LogP contribution in [-0.2, 0) is 0 Å². The molecule has 104 valence electrons. The highest BCUT2D eigenvalue weighted by Gasteiger charge is 2.21. The summed E-state index contributed by atoms with van der Waals surface area (Å²) in [7, 11) is 1.68. The molecular weight excluding hydrogens is 260 g/mol. The van der Waals surface area contributed by atoms with Crippen LogP contribution in [0.2, 0.25) is 0 Å². The van der Waals surface area contributed by atoms with Gasteiger partial charge in [0.05, 0.1) is 12.0 Å². The second-order valence-electron chi connectivity index (χ2n) is 5.09. The highest BCUT2D eigenvalue weighted by Crippen LogP contribution is 2.40. The van der Waals surface area contributed by atoms with E-state index in [4.69, 9.17) is 9.84 Å². The van der Waals surface area contributed by atoms with Gasteiger partial charge in [0.25, 0.3) is 0 Å². The van der Waals surface area contributed by atoms with Gasteiger partial charge in [-0.05, 0) is 12.8 Å². The van der Waals surface area contributed by atoms with Crippen molar-refractivity contribution in [1.29, 1.82) is 0 Å². The van der Waals surface area contributed by atoms with Gasteiger partial charge < -0.3 is 14.2 Å². The Bertz CT molecular complexity index is 551. The van der Waals surface area contributed by atoms with E-state index in [0.717, 1.165) is 29.1 Å². The molecule has 4 nitrogen and oxygen atoms in total. The molecule has 2 rings (SSSR count). The molecule has 0 saturated carbocycles. The van der Waals surface area contributed by atoms with Gasteiger partial charge in [-0.1, -0.05) is 13.8 Å². The molecule has 0 fully saturated rings. The van der Waals surface area contributed by atoms with Crippen molar-refractivity contribution in [2.24, 2.45) is 0 Å². The monoisotopic (exact) mass is 280 g/mol. The first-order valence-corrected chi connectivity index (χ1v) is 7.18. The molecule has 0 aliphatic rings. The van der Waals surface area contributed by atoms with E-state index < -0.39 is 0 Å². The zero-order valence-corrected chi connectivity index (χ0v) is 12.4. The molecule has 1 N–H and O–H groups in total. The van der Waals surface area contributed by atoms with Crippen molar-refractivity contribution in [3.05, 3.63) is 24.7 Å². The van der Waals surface area contributed by atoms with Crippen LogP contribution in [0, 0.1) is 0 Å². The third-order valence-corrected chi connectivity index (χ3v) is 4.28. The SMILES string of the molecule is COc1cc2nccn2cc1SC(C)(C)CCCO. The zero-order valence-electron chi connectivity index (χ0n) is 11.6. The summed E-state index contributed by atoms with van der Waals surface area (Å²) < 4.78 is 7.50. The third kappa shape index (κ3) is 3.42. The molecule has 2 aromatic heterocycles. The first-order chi connectivity index (χ1) is 9.05. The molecule has 0 radical (unpaired) electrons. The molecular formula is C14H20N2O2S. The minimum atomic E-state index is 0.0598. The van der Waals surface area contributed by atoms with E-state index in [-0.39, 0.29) is 11.4 Å². The van der Waals surface area contributed by atoms with Crippen LogP contribution >= 0.6 is 11.8 Å². The average Bonchev–Trinajstić information content (AvgIpc) is 2.82.